The molecule has 0 aliphatic heterocycles. The first-order chi connectivity index (χ1) is 9.83. The van der Waals surface area contributed by atoms with Crippen LogP contribution < -0.4 is 10.1 Å². The van der Waals surface area contributed by atoms with Gasteiger partial charge < -0.3 is 15.0 Å². The molecular formula is C16H23N3O. The summed E-state index contributed by atoms with van der Waals surface area (Å²) in [4.78, 5) is 7.38. The third-order valence-electron chi connectivity index (χ3n) is 3.44. The van der Waals surface area contributed by atoms with Gasteiger partial charge >= 0.3 is 0 Å². The van der Waals surface area contributed by atoms with Crippen molar-refractivity contribution in [3.8, 4) is 5.75 Å². The first-order valence-corrected chi connectivity index (χ1v) is 7.19. The van der Waals surface area contributed by atoms with E-state index < -0.39 is 0 Å². The molecule has 0 fully saturated rings. The minimum absolute atomic E-state index is 0.353. The van der Waals surface area contributed by atoms with E-state index in [1.807, 2.05) is 18.3 Å². The Morgan fingerprint density at radius 2 is 2.10 bits per heavy atom. The van der Waals surface area contributed by atoms with Gasteiger partial charge in [-0.3, -0.25) is 0 Å². The lowest BCUT2D eigenvalue weighted by molar-refractivity contribution is 0.413. The number of aromatic nitrogens is 2. The van der Waals surface area contributed by atoms with Crippen molar-refractivity contribution < 1.29 is 4.74 Å². The molecule has 1 aromatic heterocycles. The Bertz CT molecular complexity index is 479. The summed E-state index contributed by atoms with van der Waals surface area (Å²) in [7, 11) is 1.69. The van der Waals surface area contributed by atoms with Crippen molar-refractivity contribution in [1.82, 2.24) is 15.3 Å². The molecule has 1 aromatic carbocycles. The largest absolute Gasteiger partial charge is 0.497 e. The summed E-state index contributed by atoms with van der Waals surface area (Å²) in [6, 6.07) is 8.65. The fourth-order valence-electron chi connectivity index (χ4n) is 2.25. The molecule has 1 unspecified atom stereocenters. The Hall–Kier alpha value is -1.81. The van der Waals surface area contributed by atoms with Gasteiger partial charge in [-0.2, -0.15) is 0 Å². The maximum Gasteiger partial charge on any atom is 0.120 e. The van der Waals surface area contributed by atoms with Gasteiger partial charge in [0.05, 0.1) is 13.7 Å². The summed E-state index contributed by atoms with van der Waals surface area (Å²) in [6.07, 6.45) is 7.18. The number of aromatic amines is 1. The van der Waals surface area contributed by atoms with E-state index in [0.29, 0.717) is 6.04 Å². The maximum atomic E-state index is 5.21. The number of nitrogens with zero attached hydrogens (tertiary/aromatic N) is 1. The smallest absolute Gasteiger partial charge is 0.120 e. The molecule has 0 saturated heterocycles. The lowest BCUT2D eigenvalue weighted by atomic mass is 10.0. The quantitative estimate of drug-likeness (QED) is 0.774. The van der Waals surface area contributed by atoms with Crippen LogP contribution in [0.3, 0.4) is 0 Å². The molecule has 0 radical (unpaired) electrons. The molecule has 0 amide bonds. The minimum atomic E-state index is 0.353. The Labute approximate surface area is 120 Å². The third kappa shape index (κ3) is 4.10. The molecule has 108 valence electrons. The fourth-order valence-corrected chi connectivity index (χ4v) is 2.25. The van der Waals surface area contributed by atoms with Gasteiger partial charge in [0, 0.05) is 18.4 Å². The van der Waals surface area contributed by atoms with Crippen LogP contribution in [0.15, 0.2) is 36.7 Å². The number of benzene rings is 1. The van der Waals surface area contributed by atoms with Crippen LogP contribution in [0.25, 0.3) is 0 Å². The molecule has 20 heavy (non-hydrogen) atoms. The predicted octanol–water partition coefficient (Wildman–Crippen LogP) is 3.44. The number of H-pyrrole nitrogens is 1. The Morgan fingerprint density at radius 3 is 2.70 bits per heavy atom. The lowest BCUT2D eigenvalue weighted by Crippen LogP contribution is -2.21. The molecule has 0 aliphatic carbocycles. The summed E-state index contributed by atoms with van der Waals surface area (Å²) in [5.74, 6) is 1.87. The highest BCUT2D eigenvalue weighted by Crippen LogP contribution is 2.22. The van der Waals surface area contributed by atoms with E-state index in [1.165, 1.54) is 18.4 Å². The number of rotatable bonds is 8. The van der Waals surface area contributed by atoms with Crippen molar-refractivity contribution in [3.05, 3.63) is 48.0 Å². The van der Waals surface area contributed by atoms with E-state index in [0.717, 1.165) is 24.5 Å². The average Bonchev–Trinajstić information content (AvgIpc) is 3.01. The van der Waals surface area contributed by atoms with Crippen molar-refractivity contribution in [2.24, 2.45) is 0 Å². The van der Waals surface area contributed by atoms with E-state index in [1.54, 1.807) is 13.3 Å². The standard InChI is InChI=1S/C16H23N3O/c1-3-4-5-15(19-12-16-17-10-11-18-16)13-6-8-14(20-2)9-7-13/h6-11,15,19H,3-5,12H2,1-2H3,(H,17,18). The van der Waals surface area contributed by atoms with Crippen LogP contribution in [0, 0.1) is 0 Å². The van der Waals surface area contributed by atoms with Gasteiger partial charge in [0.15, 0.2) is 0 Å². The Morgan fingerprint density at radius 1 is 1.30 bits per heavy atom. The van der Waals surface area contributed by atoms with Crippen molar-refractivity contribution in [2.45, 2.75) is 38.8 Å². The van der Waals surface area contributed by atoms with Crippen LogP contribution in [0.1, 0.15) is 43.6 Å². The second-order valence-electron chi connectivity index (χ2n) is 4.88. The predicted molar refractivity (Wildman–Crippen MR) is 80.7 cm³/mol. The number of methoxy groups -OCH3 is 1. The van der Waals surface area contributed by atoms with Crippen molar-refractivity contribution in [1.29, 1.82) is 0 Å². The molecule has 2 N–H and O–H groups in total. The van der Waals surface area contributed by atoms with Crippen LogP contribution >= 0.6 is 0 Å². The summed E-state index contributed by atoms with van der Waals surface area (Å²) in [5.41, 5.74) is 1.30. The summed E-state index contributed by atoms with van der Waals surface area (Å²) in [6.45, 7) is 2.98. The molecular weight excluding hydrogens is 250 g/mol. The number of imidazole rings is 1. The fraction of sp³-hybridized carbons (Fsp3) is 0.438. The molecule has 4 heteroatoms. The van der Waals surface area contributed by atoms with Crippen LogP contribution in [-0.2, 0) is 6.54 Å². The molecule has 4 nitrogen and oxygen atoms in total. The zero-order valence-electron chi connectivity index (χ0n) is 12.2. The Kier molecular flexibility index (Phi) is 5.62. The number of hydrogen-bond donors (Lipinski definition) is 2. The molecule has 1 heterocycles. The molecule has 0 spiro atoms. The monoisotopic (exact) mass is 273 g/mol. The summed E-state index contributed by atoms with van der Waals surface area (Å²) < 4.78 is 5.21. The van der Waals surface area contributed by atoms with Crippen LogP contribution in [0.2, 0.25) is 0 Å². The van der Waals surface area contributed by atoms with Gasteiger partial charge in [0.25, 0.3) is 0 Å². The summed E-state index contributed by atoms with van der Waals surface area (Å²) >= 11 is 0. The van der Waals surface area contributed by atoms with Crippen molar-refractivity contribution >= 4 is 0 Å². The topological polar surface area (TPSA) is 49.9 Å². The zero-order chi connectivity index (χ0) is 14.2. The van der Waals surface area contributed by atoms with Crippen LogP contribution in [0.5, 0.6) is 5.75 Å². The average molecular weight is 273 g/mol. The van der Waals surface area contributed by atoms with Gasteiger partial charge in [-0.1, -0.05) is 31.9 Å². The number of nitrogens with one attached hydrogen (secondary N) is 2. The van der Waals surface area contributed by atoms with E-state index in [2.05, 4.69) is 34.3 Å². The molecule has 1 atom stereocenters. The highest BCUT2D eigenvalue weighted by molar-refractivity contribution is 5.29. The first kappa shape index (κ1) is 14.6. The number of unbranched alkanes of at least 4 members (excludes halogenated alkanes) is 1. The van der Waals surface area contributed by atoms with E-state index in [-0.39, 0.29) is 0 Å². The van der Waals surface area contributed by atoms with E-state index >= 15 is 0 Å². The van der Waals surface area contributed by atoms with Crippen LogP contribution in [-0.4, -0.2) is 17.1 Å². The van der Waals surface area contributed by atoms with E-state index in [4.69, 9.17) is 4.74 Å². The molecule has 0 saturated carbocycles. The minimum Gasteiger partial charge on any atom is -0.497 e. The van der Waals surface area contributed by atoms with Gasteiger partial charge in [-0.25, -0.2) is 4.98 Å². The second-order valence-corrected chi connectivity index (χ2v) is 4.88. The zero-order valence-corrected chi connectivity index (χ0v) is 12.2. The molecule has 2 aromatic rings. The number of hydrogen-bond acceptors (Lipinski definition) is 3. The van der Waals surface area contributed by atoms with Gasteiger partial charge in [-0.15, -0.1) is 0 Å². The molecule has 0 aliphatic rings. The number of ether oxygens (including phenoxy) is 1. The normalized spacial score (nSPS) is 12.3. The van der Waals surface area contributed by atoms with E-state index in [9.17, 15) is 0 Å². The van der Waals surface area contributed by atoms with Gasteiger partial charge in [-0.05, 0) is 24.1 Å². The SMILES string of the molecule is CCCCC(NCc1ncc[nH]1)c1ccc(OC)cc1. The first-order valence-electron chi connectivity index (χ1n) is 7.19. The highest BCUT2D eigenvalue weighted by atomic mass is 16.5. The third-order valence-corrected chi connectivity index (χ3v) is 3.44. The molecule has 2 rings (SSSR count). The van der Waals surface area contributed by atoms with Crippen LogP contribution in [0.4, 0.5) is 0 Å². The summed E-state index contributed by atoms with van der Waals surface area (Å²) in [5, 5.41) is 3.58. The van der Waals surface area contributed by atoms with Gasteiger partial charge in [0.1, 0.15) is 11.6 Å². The van der Waals surface area contributed by atoms with Crippen molar-refractivity contribution in [3.63, 3.8) is 0 Å². The van der Waals surface area contributed by atoms with Gasteiger partial charge in [0.2, 0.25) is 0 Å². The Balaban J connectivity index is 2.01. The highest BCUT2D eigenvalue weighted by Gasteiger charge is 2.11. The molecule has 0 bridgehead atoms. The lowest BCUT2D eigenvalue weighted by Gasteiger charge is -2.19. The maximum absolute atomic E-state index is 5.21. The second kappa shape index (κ2) is 7.70. The van der Waals surface area contributed by atoms with Crippen molar-refractivity contribution in [2.75, 3.05) is 7.11 Å².